The minimum Gasteiger partial charge on any atom is -0.477 e. The molecule has 0 spiro atoms. The molecule has 6 heteroatoms. The first kappa shape index (κ1) is 10.8. The number of nitrogens with zero attached hydrogens (tertiary/aromatic N) is 3. The highest BCUT2D eigenvalue weighted by Crippen LogP contribution is 2.39. The van der Waals surface area contributed by atoms with Crippen LogP contribution >= 0.6 is 0 Å². The van der Waals surface area contributed by atoms with Crippen molar-refractivity contribution in [3.63, 3.8) is 0 Å². The Bertz CT molecular complexity index is 671. The maximum atomic E-state index is 11.1. The van der Waals surface area contributed by atoms with Crippen molar-refractivity contribution in [2.24, 2.45) is 0 Å². The van der Waals surface area contributed by atoms with Gasteiger partial charge in [-0.15, -0.1) is 0 Å². The van der Waals surface area contributed by atoms with Crippen LogP contribution in [-0.2, 0) is 0 Å². The summed E-state index contributed by atoms with van der Waals surface area (Å²) in [6.45, 7) is 0. The maximum Gasteiger partial charge on any atom is 0.354 e. The smallest absolute Gasteiger partial charge is 0.354 e. The zero-order valence-electron chi connectivity index (χ0n) is 10.3. The van der Waals surface area contributed by atoms with Gasteiger partial charge in [-0.05, 0) is 25.7 Å². The number of nitrogens with one attached hydrogen (secondary N) is 1. The molecule has 0 atom stereocenters. The molecule has 2 heterocycles. The molecule has 0 saturated heterocycles. The topological polar surface area (TPSA) is 79.5 Å². The van der Waals surface area contributed by atoms with E-state index in [0.717, 1.165) is 24.4 Å². The Morgan fingerprint density at radius 2 is 2.11 bits per heavy atom. The fourth-order valence-electron chi connectivity index (χ4n) is 2.22. The molecule has 4 rings (SSSR count). The van der Waals surface area contributed by atoms with E-state index in [0.29, 0.717) is 17.6 Å². The van der Waals surface area contributed by atoms with Gasteiger partial charge in [0, 0.05) is 24.1 Å². The lowest BCUT2D eigenvalue weighted by atomic mass is 10.3. The third kappa shape index (κ3) is 1.93. The lowest BCUT2D eigenvalue weighted by Gasteiger charge is -2.07. The van der Waals surface area contributed by atoms with Gasteiger partial charge in [0.2, 0.25) is 0 Å². The highest BCUT2D eigenvalue weighted by molar-refractivity contribution is 5.87. The first-order valence-corrected chi connectivity index (χ1v) is 6.61. The summed E-state index contributed by atoms with van der Waals surface area (Å²) in [5.41, 5.74) is 1.71. The van der Waals surface area contributed by atoms with Crippen molar-refractivity contribution in [1.82, 2.24) is 14.6 Å². The number of carbonyl (C=O) groups is 1. The molecular formula is C13H14N4O2. The van der Waals surface area contributed by atoms with Crippen LogP contribution in [0.3, 0.4) is 0 Å². The van der Waals surface area contributed by atoms with Gasteiger partial charge in [0.25, 0.3) is 0 Å². The third-order valence-corrected chi connectivity index (χ3v) is 3.59. The molecule has 0 aliphatic heterocycles. The van der Waals surface area contributed by atoms with Gasteiger partial charge < -0.3 is 10.4 Å². The summed E-state index contributed by atoms with van der Waals surface area (Å²) in [5.74, 6) is 0.260. The summed E-state index contributed by atoms with van der Waals surface area (Å²) < 4.78 is 1.73. The number of hydrogen-bond acceptors (Lipinski definition) is 4. The Balaban J connectivity index is 1.85. The average molecular weight is 258 g/mol. The first-order chi connectivity index (χ1) is 9.20. The fourth-order valence-corrected chi connectivity index (χ4v) is 2.22. The molecule has 2 N–H and O–H groups in total. The number of anilines is 1. The zero-order chi connectivity index (χ0) is 13.0. The molecule has 6 nitrogen and oxygen atoms in total. The largest absolute Gasteiger partial charge is 0.477 e. The minimum atomic E-state index is -1.00. The van der Waals surface area contributed by atoms with Crippen LogP contribution < -0.4 is 5.32 Å². The second kappa shape index (κ2) is 3.69. The Morgan fingerprint density at radius 1 is 1.32 bits per heavy atom. The number of aromatic carboxylic acids is 1. The molecule has 0 radical (unpaired) electrons. The Kier molecular flexibility index (Phi) is 2.09. The number of aromatic nitrogens is 3. The fraction of sp³-hybridized carbons (Fsp3) is 0.462. The number of hydrogen-bond donors (Lipinski definition) is 2. The van der Waals surface area contributed by atoms with Crippen LogP contribution in [0.25, 0.3) is 5.65 Å². The van der Waals surface area contributed by atoms with Crippen LogP contribution in [-0.4, -0.2) is 31.7 Å². The molecule has 2 aliphatic rings. The molecule has 98 valence electrons. The molecule has 2 fully saturated rings. The van der Waals surface area contributed by atoms with Crippen LogP contribution in [0.5, 0.6) is 0 Å². The van der Waals surface area contributed by atoms with Crippen LogP contribution in [0.4, 0.5) is 5.82 Å². The molecule has 2 aromatic heterocycles. The summed E-state index contributed by atoms with van der Waals surface area (Å²) in [6, 6.07) is 3.92. The second-order valence-electron chi connectivity index (χ2n) is 5.36. The summed E-state index contributed by atoms with van der Waals surface area (Å²) in [5, 5.41) is 17.0. The standard InChI is InChI=1S/C13H14N4O2/c18-13(19)10-6-11(14-8-3-4-8)17-12(15-10)5-9(16-17)7-1-2-7/h5-8,14H,1-4H2,(H,18,19). The van der Waals surface area contributed by atoms with Gasteiger partial charge in [0.15, 0.2) is 11.3 Å². The van der Waals surface area contributed by atoms with Crippen molar-refractivity contribution in [1.29, 1.82) is 0 Å². The van der Waals surface area contributed by atoms with E-state index >= 15 is 0 Å². The van der Waals surface area contributed by atoms with Gasteiger partial charge >= 0.3 is 5.97 Å². The molecule has 2 saturated carbocycles. The van der Waals surface area contributed by atoms with Crippen LogP contribution in [0, 0.1) is 0 Å². The molecule has 0 unspecified atom stereocenters. The summed E-state index contributed by atoms with van der Waals surface area (Å²) in [4.78, 5) is 15.3. The lowest BCUT2D eigenvalue weighted by molar-refractivity contribution is 0.0690. The van der Waals surface area contributed by atoms with Crippen molar-refractivity contribution in [2.75, 3.05) is 5.32 Å². The Labute approximate surface area is 109 Å². The van der Waals surface area contributed by atoms with E-state index in [1.807, 2.05) is 6.07 Å². The highest BCUT2D eigenvalue weighted by atomic mass is 16.4. The number of fused-ring (bicyclic) bond motifs is 1. The quantitative estimate of drug-likeness (QED) is 0.875. The van der Waals surface area contributed by atoms with Crippen molar-refractivity contribution < 1.29 is 9.90 Å². The lowest BCUT2D eigenvalue weighted by Crippen LogP contribution is -2.11. The number of carboxylic acid groups (broad SMARTS) is 1. The van der Waals surface area contributed by atoms with Gasteiger partial charge in [0.1, 0.15) is 5.82 Å². The number of carboxylic acids is 1. The zero-order valence-corrected chi connectivity index (χ0v) is 10.3. The van der Waals surface area contributed by atoms with Gasteiger partial charge in [-0.25, -0.2) is 9.78 Å². The first-order valence-electron chi connectivity index (χ1n) is 6.61. The molecular weight excluding hydrogens is 244 g/mol. The molecule has 0 aromatic carbocycles. The monoisotopic (exact) mass is 258 g/mol. The summed E-state index contributed by atoms with van der Waals surface area (Å²) in [7, 11) is 0. The van der Waals surface area contributed by atoms with Crippen LogP contribution in [0.1, 0.15) is 47.8 Å². The Morgan fingerprint density at radius 3 is 2.74 bits per heavy atom. The van der Waals surface area contributed by atoms with E-state index < -0.39 is 5.97 Å². The molecule has 19 heavy (non-hydrogen) atoms. The van der Waals surface area contributed by atoms with Crippen molar-refractivity contribution in [2.45, 2.75) is 37.6 Å². The van der Waals surface area contributed by atoms with Crippen molar-refractivity contribution in [3.05, 3.63) is 23.5 Å². The summed E-state index contributed by atoms with van der Waals surface area (Å²) in [6.07, 6.45) is 4.59. The van der Waals surface area contributed by atoms with E-state index in [1.54, 1.807) is 10.6 Å². The third-order valence-electron chi connectivity index (χ3n) is 3.59. The van der Waals surface area contributed by atoms with E-state index in [1.165, 1.54) is 12.8 Å². The van der Waals surface area contributed by atoms with E-state index in [2.05, 4.69) is 15.4 Å². The van der Waals surface area contributed by atoms with Gasteiger partial charge in [0.05, 0.1) is 5.69 Å². The van der Waals surface area contributed by atoms with E-state index in [4.69, 9.17) is 5.11 Å². The van der Waals surface area contributed by atoms with Crippen molar-refractivity contribution >= 4 is 17.4 Å². The number of rotatable bonds is 4. The predicted molar refractivity (Wildman–Crippen MR) is 68.6 cm³/mol. The van der Waals surface area contributed by atoms with Crippen LogP contribution in [0.15, 0.2) is 12.1 Å². The molecule has 2 aromatic rings. The molecule has 2 aliphatic carbocycles. The van der Waals surface area contributed by atoms with E-state index in [9.17, 15) is 4.79 Å². The summed E-state index contributed by atoms with van der Waals surface area (Å²) >= 11 is 0. The predicted octanol–water partition coefficient (Wildman–Crippen LogP) is 1.88. The molecule has 0 bridgehead atoms. The van der Waals surface area contributed by atoms with Gasteiger partial charge in [-0.1, -0.05) is 0 Å². The molecule has 0 amide bonds. The highest BCUT2D eigenvalue weighted by Gasteiger charge is 2.28. The normalized spacial score (nSPS) is 18.7. The van der Waals surface area contributed by atoms with Crippen molar-refractivity contribution in [3.8, 4) is 0 Å². The minimum absolute atomic E-state index is 0.0675. The second-order valence-corrected chi connectivity index (χ2v) is 5.36. The average Bonchev–Trinajstić information content (AvgIpc) is 3.28. The SMILES string of the molecule is O=C(O)c1cc(NC2CC2)n2nc(C3CC3)cc2n1. The van der Waals surface area contributed by atoms with E-state index in [-0.39, 0.29) is 5.69 Å². The van der Waals surface area contributed by atoms with Gasteiger partial charge in [-0.3, -0.25) is 0 Å². The maximum absolute atomic E-state index is 11.1. The van der Waals surface area contributed by atoms with Gasteiger partial charge in [-0.2, -0.15) is 9.61 Å². The van der Waals surface area contributed by atoms with Crippen LogP contribution in [0.2, 0.25) is 0 Å². The Hall–Kier alpha value is -2.11.